The predicted octanol–water partition coefficient (Wildman–Crippen LogP) is 0.494. The molecule has 31 heavy (non-hydrogen) atoms. The van der Waals surface area contributed by atoms with E-state index in [2.05, 4.69) is 5.32 Å². The van der Waals surface area contributed by atoms with Crippen LogP contribution in [0.1, 0.15) is 23.3 Å². The Morgan fingerprint density at radius 1 is 1.16 bits per heavy atom. The number of aliphatic hydroxyl groups excluding tert-OH is 3. The number of nitrogens with one attached hydrogen (secondary N) is 1. The number of fused-ring (bicyclic) bond motifs is 1. The third-order valence-corrected chi connectivity index (χ3v) is 4.82. The summed E-state index contributed by atoms with van der Waals surface area (Å²) in [4.78, 5) is 11.4. The summed E-state index contributed by atoms with van der Waals surface area (Å²) in [5, 5.41) is 43.4. The number of benzene rings is 2. The van der Waals surface area contributed by atoms with E-state index in [0.717, 1.165) is 5.39 Å². The fourth-order valence-electron chi connectivity index (χ4n) is 3.22. The lowest BCUT2D eigenvalue weighted by Crippen LogP contribution is -2.61. The molecule has 5 N–H and O–H groups in total. The number of rotatable bonds is 9. The van der Waals surface area contributed by atoms with Crippen molar-refractivity contribution < 1.29 is 49.0 Å². The Hall–Kier alpha value is -2.27. The second-order valence-corrected chi connectivity index (χ2v) is 7.04. The van der Waals surface area contributed by atoms with Crippen LogP contribution < -0.4 is 10.1 Å². The molecular weight excluding hydrogens is 406 g/mol. The van der Waals surface area contributed by atoms with Crippen LogP contribution in [-0.4, -0.2) is 82.4 Å². The maximum Gasteiger partial charge on any atom is 0.335 e. The number of aliphatic carboxylic acids is 1. The molecule has 0 radical (unpaired) electrons. The van der Waals surface area contributed by atoms with E-state index in [0.29, 0.717) is 11.1 Å². The normalized spacial score (nSPS) is 31.8. The molecule has 1 aliphatic heterocycles. The predicted molar refractivity (Wildman–Crippen MR) is 112 cm³/mol. The maximum atomic E-state index is 11.4. The summed E-state index contributed by atoms with van der Waals surface area (Å²) >= 11 is 0. The molecular formula is C22H29NO8. The molecule has 0 spiro atoms. The zero-order valence-corrected chi connectivity index (χ0v) is 16.3. The minimum atomic E-state index is -3.30. The molecule has 0 aliphatic carbocycles. The molecule has 9 heteroatoms. The van der Waals surface area contributed by atoms with Crippen molar-refractivity contribution in [3.05, 3.63) is 42.5 Å². The minimum absolute atomic E-state index is 0.379. The molecule has 0 amide bonds. The van der Waals surface area contributed by atoms with Crippen molar-refractivity contribution in [2.24, 2.45) is 0 Å². The number of aliphatic hydroxyl groups is 3. The molecule has 9 nitrogen and oxygen atoms in total. The average Bonchev–Trinajstić information content (AvgIpc) is 2.83. The molecule has 2 aromatic carbocycles. The highest BCUT2D eigenvalue weighted by atomic mass is 16.7. The van der Waals surface area contributed by atoms with Crippen LogP contribution in [0.15, 0.2) is 42.5 Å². The van der Waals surface area contributed by atoms with Crippen LogP contribution in [0.4, 0.5) is 0 Å². The summed E-state index contributed by atoms with van der Waals surface area (Å²) in [5.41, 5.74) is 0. The molecule has 170 valence electrons. The van der Waals surface area contributed by atoms with Gasteiger partial charge in [0.1, 0.15) is 36.8 Å². The average molecular weight is 443 g/mol. The number of ether oxygens (including phenoxy) is 3. The van der Waals surface area contributed by atoms with E-state index in [1.54, 1.807) is 24.3 Å². The lowest BCUT2D eigenvalue weighted by molar-refractivity contribution is -0.305. The zero-order valence-electron chi connectivity index (χ0n) is 23.3. The number of carboxylic acids is 1. The third-order valence-electron chi connectivity index (χ3n) is 4.82. The van der Waals surface area contributed by atoms with Gasteiger partial charge in [0, 0.05) is 27.5 Å². The van der Waals surface area contributed by atoms with Crippen molar-refractivity contribution in [3.63, 3.8) is 0 Å². The SMILES string of the molecule is [2H]C([2H])([2H])C([2H])(NCC(COc1cccc2ccccc12)O[C@@H]1OC(C(=O)O)[C@@H](O)[C@H](O)[C@@H]1O)C([2H])([2H])[2H]. The van der Waals surface area contributed by atoms with Gasteiger partial charge in [-0.25, -0.2) is 4.79 Å². The maximum absolute atomic E-state index is 11.4. The van der Waals surface area contributed by atoms with Crippen LogP contribution in [0.5, 0.6) is 5.75 Å². The quantitative estimate of drug-likeness (QED) is 0.376. The largest absolute Gasteiger partial charge is 0.490 e. The molecule has 0 saturated carbocycles. The smallest absolute Gasteiger partial charge is 0.335 e. The summed E-state index contributed by atoms with van der Waals surface area (Å²) in [6.45, 7) is -7.63. The number of hydrogen-bond acceptors (Lipinski definition) is 8. The van der Waals surface area contributed by atoms with Crippen molar-refractivity contribution in [1.82, 2.24) is 5.32 Å². The molecule has 1 aliphatic rings. The van der Waals surface area contributed by atoms with Gasteiger partial charge in [-0.2, -0.15) is 0 Å². The van der Waals surface area contributed by atoms with Gasteiger partial charge in [0.05, 0.1) is 0 Å². The fourth-order valence-corrected chi connectivity index (χ4v) is 3.22. The number of carbonyl (C=O) groups is 1. The highest BCUT2D eigenvalue weighted by molar-refractivity contribution is 5.88. The first-order valence-electron chi connectivity index (χ1n) is 13.0. The number of hydrogen-bond donors (Lipinski definition) is 5. The minimum Gasteiger partial charge on any atom is -0.490 e. The Bertz CT molecular complexity index is 1100. The van der Waals surface area contributed by atoms with Crippen LogP contribution in [0.3, 0.4) is 0 Å². The Labute approximate surface area is 190 Å². The van der Waals surface area contributed by atoms with Crippen molar-refractivity contribution in [3.8, 4) is 5.75 Å². The van der Waals surface area contributed by atoms with Crippen LogP contribution in [0.2, 0.25) is 0 Å². The van der Waals surface area contributed by atoms with Gasteiger partial charge in [-0.05, 0) is 11.5 Å². The van der Waals surface area contributed by atoms with Crippen molar-refractivity contribution in [2.45, 2.75) is 56.5 Å². The lowest BCUT2D eigenvalue weighted by atomic mass is 9.99. The van der Waals surface area contributed by atoms with Gasteiger partial charge < -0.3 is 40.0 Å². The summed E-state index contributed by atoms with van der Waals surface area (Å²) < 4.78 is 70.2. The van der Waals surface area contributed by atoms with Gasteiger partial charge in [-0.3, -0.25) is 0 Å². The van der Waals surface area contributed by atoms with Crippen molar-refractivity contribution >= 4 is 16.7 Å². The molecule has 0 bridgehead atoms. The van der Waals surface area contributed by atoms with E-state index in [-0.39, 0.29) is 0 Å². The highest BCUT2D eigenvalue weighted by Crippen LogP contribution is 2.26. The standard InChI is InChI=1S/C22H29NO8/c1-12(2)23-10-14(11-29-16-9-5-7-13-6-3-4-8-15(13)16)30-22-19(26)17(24)18(25)20(31-22)21(27)28/h3-9,12,14,17-20,22-26H,10-11H2,1-2H3,(H,27,28)/t14?,17-,18-,19-,20?,22+/m0/s1/i1D3,2D3,12D. The van der Waals surface area contributed by atoms with E-state index in [1.807, 2.05) is 18.2 Å². The van der Waals surface area contributed by atoms with Gasteiger partial charge in [0.25, 0.3) is 0 Å². The Morgan fingerprint density at radius 3 is 2.65 bits per heavy atom. The molecule has 2 aromatic rings. The van der Waals surface area contributed by atoms with Gasteiger partial charge in [0.2, 0.25) is 0 Å². The second-order valence-electron chi connectivity index (χ2n) is 7.04. The molecule has 1 fully saturated rings. The summed E-state index contributed by atoms with van der Waals surface area (Å²) in [5.74, 6) is -1.27. The van der Waals surface area contributed by atoms with Crippen molar-refractivity contribution in [1.29, 1.82) is 0 Å². The van der Waals surface area contributed by atoms with E-state index in [4.69, 9.17) is 23.8 Å². The van der Waals surface area contributed by atoms with E-state index < -0.39 is 75.7 Å². The molecule has 2 unspecified atom stereocenters. The molecule has 0 aromatic heterocycles. The Balaban J connectivity index is 1.87. The third kappa shape index (κ3) is 5.70. The highest BCUT2D eigenvalue weighted by Gasteiger charge is 2.48. The van der Waals surface area contributed by atoms with E-state index >= 15 is 0 Å². The van der Waals surface area contributed by atoms with E-state index in [1.165, 1.54) is 0 Å². The first-order valence-corrected chi connectivity index (χ1v) is 9.50. The lowest BCUT2D eigenvalue weighted by Gasteiger charge is -2.39. The van der Waals surface area contributed by atoms with Crippen molar-refractivity contribution in [2.75, 3.05) is 13.2 Å². The first-order chi connectivity index (χ1) is 17.6. The Kier molecular flexibility index (Phi) is 5.19. The fraction of sp³-hybridized carbons (Fsp3) is 0.500. The van der Waals surface area contributed by atoms with Crippen LogP contribution in [0.25, 0.3) is 10.8 Å². The topological polar surface area (TPSA) is 138 Å². The summed E-state index contributed by atoms with van der Waals surface area (Å²) in [6.07, 6.45) is -11.0. The zero-order chi connectivity index (χ0) is 28.5. The van der Waals surface area contributed by atoms with Crippen LogP contribution in [0, 0.1) is 0 Å². The second kappa shape index (κ2) is 10.4. The summed E-state index contributed by atoms with van der Waals surface area (Å²) in [6, 6.07) is 9.28. The molecule has 1 heterocycles. The van der Waals surface area contributed by atoms with Gasteiger partial charge >= 0.3 is 5.97 Å². The first kappa shape index (κ1) is 15.5. The van der Waals surface area contributed by atoms with Gasteiger partial charge in [-0.15, -0.1) is 0 Å². The molecule has 3 rings (SSSR count). The van der Waals surface area contributed by atoms with E-state index in [9.17, 15) is 25.2 Å². The Morgan fingerprint density at radius 2 is 1.90 bits per heavy atom. The van der Waals surface area contributed by atoms with Crippen LogP contribution >= 0.6 is 0 Å². The number of carboxylic acid groups (broad SMARTS) is 1. The summed E-state index contributed by atoms with van der Waals surface area (Å²) in [7, 11) is 0. The monoisotopic (exact) mass is 442 g/mol. The molecule has 6 atom stereocenters. The molecule has 1 saturated heterocycles. The van der Waals surface area contributed by atoms with Gasteiger partial charge in [0.15, 0.2) is 12.4 Å². The van der Waals surface area contributed by atoms with Gasteiger partial charge in [-0.1, -0.05) is 50.1 Å². The van der Waals surface area contributed by atoms with Crippen LogP contribution in [-0.2, 0) is 14.3 Å².